The number of amides is 1. The number of ether oxygens (including phenoxy) is 2. The number of hydrogen-bond acceptors (Lipinski definition) is 5. The molecule has 124 valence electrons. The molecule has 2 aromatic rings. The summed E-state index contributed by atoms with van der Waals surface area (Å²) in [5.41, 5.74) is 1.74. The summed E-state index contributed by atoms with van der Waals surface area (Å²) in [5, 5.41) is 14.2. The highest BCUT2D eigenvalue weighted by Crippen LogP contribution is 2.46. The molecule has 7 nitrogen and oxygen atoms in total. The molecule has 0 bridgehead atoms. The number of rotatable bonds is 4. The number of fused-ring (bicyclic) bond motifs is 1. The van der Waals surface area contributed by atoms with Crippen LogP contribution in [0.3, 0.4) is 0 Å². The van der Waals surface area contributed by atoms with Crippen LogP contribution in [0.25, 0.3) is 0 Å². The second kappa shape index (κ2) is 6.19. The van der Waals surface area contributed by atoms with E-state index >= 15 is 0 Å². The van der Waals surface area contributed by atoms with E-state index in [0.717, 1.165) is 0 Å². The topological polar surface area (TPSA) is 90.7 Å². The highest BCUT2D eigenvalue weighted by molar-refractivity contribution is 5.96. The minimum absolute atomic E-state index is 0.0129. The van der Waals surface area contributed by atoms with Gasteiger partial charge in [-0.3, -0.25) is 14.9 Å². The van der Waals surface area contributed by atoms with E-state index in [4.69, 9.17) is 9.47 Å². The van der Waals surface area contributed by atoms with Crippen molar-refractivity contribution in [2.24, 2.45) is 0 Å². The number of carbonyl (C=O) groups excluding carboxylic acids is 1. The lowest BCUT2D eigenvalue weighted by atomic mass is 9.83. The quantitative estimate of drug-likeness (QED) is 0.688. The van der Waals surface area contributed by atoms with Gasteiger partial charge in [-0.25, -0.2) is 0 Å². The van der Waals surface area contributed by atoms with Gasteiger partial charge >= 0.3 is 0 Å². The Labute approximate surface area is 138 Å². The number of methoxy groups -OCH3 is 2. The summed E-state index contributed by atoms with van der Waals surface area (Å²) < 4.78 is 10.7. The minimum atomic E-state index is -0.462. The molecule has 2 aromatic carbocycles. The molecule has 1 heterocycles. The van der Waals surface area contributed by atoms with Crippen LogP contribution in [0.2, 0.25) is 0 Å². The number of hydrogen-bond donors (Lipinski definition) is 1. The van der Waals surface area contributed by atoms with Crippen LogP contribution in [-0.4, -0.2) is 25.1 Å². The van der Waals surface area contributed by atoms with Crippen LogP contribution >= 0.6 is 0 Å². The van der Waals surface area contributed by atoms with E-state index in [1.807, 2.05) is 0 Å². The normalized spacial score (nSPS) is 16.1. The molecule has 1 N–H and O–H groups in total. The van der Waals surface area contributed by atoms with E-state index in [1.165, 1.54) is 20.3 Å². The Morgan fingerprint density at radius 1 is 1.21 bits per heavy atom. The molecule has 0 saturated carbocycles. The molecule has 0 fully saturated rings. The second-order valence-electron chi connectivity index (χ2n) is 5.41. The molecule has 1 atom stereocenters. The lowest BCUT2D eigenvalue weighted by Crippen LogP contribution is -2.24. The molecule has 0 spiro atoms. The van der Waals surface area contributed by atoms with Gasteiger partial charge in [-0.15, -0.1) is 0 Å². The molecule has 3 rings (SSSR count). The third-order valence-corrected chi connectivity index (χ3v) is 4.09. The van der Waals surface area contributed by atoms with Gasteiger partial charge in [0.25, 0.3) is 5.69 Å². The fourth-order valence-electron chi connectivity index (χ4n) is 3.05. The maximum absolute atomic E-state index is 12.1. The van der Waals surface area contributed by atoms with Crippen molar-refractivity contribution in [2.45, 2.75) is 12.3 Å². The number of nitrogens with one attached hydrogen (secondary N) is 1. The maximum Gasteiger partial charge on any atom is 0.273 e. The van der Waals surface area contributed by atoms with Crippen molar-refractivity contribution in [1.29, 1.82) is 0 Å². The highest BCUT2D eigenvalue weighted by atomic mass is 16.6. The van der Waals surface area contributed by atoms with E-state index in [0.29, 0.717) is 28.3 Å². The second-order valence-corrected chi connectivity index (χ2v) is 5.41. The van der Waals surface area contributed by atoms with E-state index < -0.39 is 10.8 Å². The average molecular weight is 328 g/mol. The van der Waals surface area contributed by atoms with Crippen molar-refractivity contribution in [2.75, 3.05) is 19.5 Å². The van der Waals surface area contributed by atoms with Gasteiger partial charge in [0.1, 0.15) is 11.5 Å². The predicted octanol–water partition coefficient (Wildman–Crippen LogP) is 3.09. The third kappa shape index (κ3) is 2.64. The van der Waals surface area contributed by atoms with Crippen LogP contribution in [0.4, 0.5) is 11.4 Å². The van der Waals surface area contributed by atoms with E-state index in [-0.39, 0.29) is 18.0 Å². The van der Waals surface area contributed by atoms with Crippen LogP contribution in [0.1, 0.15) is 23.5 Å². The number of para-hydroxylation sites is 1. The van der Waals surface area contributed by atoms with E-state index in [2.05, 4.69) is 5.32 Å². The van der Waals surface area contributed by atoms with Crippen molar-refractivity contribution < 1.29 is 19.2 Å². The van der Waals surface area contributed by atoms with Gasteiger partial charge in [0.05, 0.1) is 24.8 Å². The Hall–Kier alpha value is -3.09. The summed E-state index contributed by atoms with van der Waals surface area (Å²) in [6, 6.07) is 9.85. The molecule has 7 heteroatoms. The molecule has 0 saturated heterocycles. The van der Waals surface area contributed by atoms with Gasteiger partial charge in [-0.05, 0) is 0 Å². The third-order valence-electron chi connectivity index (χ3n) is 4.09. The van der Waals surface area contributed by atoms with Crippen LogP contribution in [-0.2, 0) is 4.79 Å². The van der Waals surface area contributed by atoms with Gasteiger partial charge in [0.15, 0.2) is 0 Å². The first-order valence-corrected chi connectivity index (χ1v) is 7.34. The van der Waals surface area contributed by atoms with Gasteiger partial charge < -0.3 is 14.8 Å². The van der Waals surface area contributed by atoms with Crippen molar-refractivity contribution in [1.82, 2.24) is 0 Å². The summed E-state index contributed by atoms with van der Waals surface area (Å²) in [7, 11) is 3.04. The molecule has 24 heavy (non-hydrogen) atoms. The number of nitro benzene ring substituents is 1. The van der Waals surface area contributed by atoms with Crippen LogP contribution in [0.5, 0.6) is 11.5 Å². The Kier molecular flexibility index (Phi) is 4.07. The van der Waals surface area contributed by atoms with Crippen molar-refractivity contribution in [3.63, 3.8) is 0 Å². The fraction of sp³-hybridized carbons (Fsp3) is 0.235. The zero-order valence-electron chi connectivity index (χ0n) is 13.2. The van der Waals surface area contributed by atoms with Gasteiger partial charge in [0.2, 0.25) is 5.91 Å². The molecule has 1 amide bonds. The zero-order valence-corrected chi connectivity index (χ0v) is 13.2. The van der Waals surface area contributed by atoms with Crippen molar-refractivity contribution in [3.8, 4) is 11.5 Å². The van der Waals surface area contributed by atoms with Gasteiger partial charge in [-0.2, -0.15) is 0 Å². The van der Waals surface area contributed by atoms with Gasteiger partial charge in [-0.1, -0.05) is 18.2 Å². The molecule has 0 aliphatic carbocycles. The first-order chi connectivity index (χ1) is 11.5. The lowest BCUT2D eigenvalue weighted by molar-refractivity contribution is -0.385. The predicted molar refractivity (Wildman–Crippen MR) is 87.7 cm³/mol. The molecule has 1 aliphatic rings. The summed E-state index contributed by atoms with van der Waals surface area (Å²) in [4.78, 5) is 23.1. The number of benzene rings is 2. The Bertz CT molecular complexity index is 819. The first kappa shape index (κ1) is 15.8. The summed E-state index contributed by atoms with van der Waals surface area (Å²) in [6.45, 7) is 0. The van der Waals surface area contributed by atoms with Crippen LogP contribution in [0.15, 0.2) is 36.4 Å². The monoisotopic (exact) mass is 328 g/mol. The smallest absolute Gasteiger partial charge is 0.273 e. The zero-order chi connectivity index (χ0) is 17.3. The summed E-state index contributed by atoms with van der Waals surface area (Å²) >= 11 is 0. The lowest BCUT2D eigenvalue weighted by Gasteiger charge is -2.28. The molecular weight excluding hydrogens is 312 g/mol. The molecule has 0 unspecified atom stereocenters. The van der Waals surface area contributed by atoms with E-state index in [9.17, 15) is 14.9 Å². The SMILES string of the molecule is COc1cc2c(c(OC)c1)[C@@H](c1ccccc1[N+](=O)[O-])CC(=O)N2. The Morgan fingerprint density at radius 2 is 1.96 bits per heavy atom. The van der Waals surface area contributed by atoms with E-state index in [1.54, 1.807) is 30.3 Å². The Morgan fingerprint density at radius 3 is 2.62 bits per heavy atom. The number of nitrogens with zero attached hydrogens (tertiary/aromatic N) is 1. The fourth-order valence-corrected chi connectivity index (χ4v) is 3.05. The number of carbonyl (C=O) groups is 1. The number of nitro groups is 1. The Balaban J connectivity index is 2.23. The summed E-state index contributed by atoms with van der Waals surface area (Å²) in [5.74, 6) is 0.388. The van der Waals surface area contributed by atoms with Crippen molar-refractivity contribution >= 4 is 17.3 Å². The first-order valence-electron chi connectivity index (χ1n) is 7.34. The molecule has 0 aromatic heterocycles. The van der Waals surface area contributed by atoms with Crippen molar-refractivity contribution in [3.05, 3.63) is 57.6 Å². The summed E-state index contributed by atoms with van der Waals surface area (Å²) in [6.07, 6.45) is 0.112. The van der Waals surface area contributed by atoms with Crippen LogP contribution < -0.4 is 14.8 Å². The standard InChI is InChI=1S/C17H16N2O5/c1-23-10-7-13-17(15(8-10)24-2)12(9-16(20)18-13)11-5-3-4-6-14(11)19(21)22/h3-8,12H,9H2,1-2H3,(H,18,20)/t12-/m1/s1. The van der Waals surface area contributed by atoms with Gasteiger partial charge in [0, 0.05) is 41.7 Å². The molecule has 1 aliphatic heterocycles. The highest BCUT2D eigenvalue weighted by Gasteiger charge is 2.34. The largest absolute Gasteiger partial charge is 0.497 e. The number of anilines is 1. The molecular formula is C17H16N2O5. The maximum atomic E-state index is 12.1. The minimum Gasteiger partial charge on any atom is -0.497 e. The van der Waals surface area contributed by atoms with Crippen LogP contribution in [0, 0.1) is 10.1 Å². The average Bonchev–Trinajstić information content (AvgIpc) is 2.59. The molecule has 0 radical (unpaired) electrons.